The van der Waals surface area contributed by atoms with Gasteiger partial charge in [-0.3, -0.25) is 4.79 Å². The Balaban J connectivity index is 2.14. The molecule has 0 aromatic heterocycles. The Hall–Kier alpha value is -3.02. The van der Waals surface area contributed by atoms with Crippen molar-refractivity contribution in [1.82, 2.24) is 0 Å². The van der Waals surface area contributed by atoms with Crippen LogP contribution in [0.15, 0.2) is 30.3 Å². The van der Waals surface area contributed by atoms with E-state index in [1.165, 1.54) is 33.5 Å². The molecular weight excluding hydrogens is 336 g/mol. The van der Waals surface area contributed by atoms with E-state index in [0.717, 1.165) is 11.1 Å². The van der Waals surface area contributed by atoms with Gasteiger partial charge in [0.2, 0.25) is 5.75 Å². The minimum Gasteiger partial charge on any atom is -0.493 e. The molecule has 0 spiro atoms. The van der Waals surface area contributed by atoms with Crippen LogP contribution in [0.2, 0.25) is 0 Å². The molecule has 0 aliphatic carbocycles. The van der Waals surface area contributed by atoms with Crippen LogP contribution in [0.3, 0.4) is 0 Å². The zero-order valence-electron chi connectivity index (χ0n) is 15.5. The fourth-order valence-electron chi connectivity index (χ4n) is 2.41. The third-order valence-corrected chi connectivity index (χ3v) is 4.06. The third-order valence-electron chi connectivity index (χ3n) is 4.06. The molecule has 6 nitrogen and oxygen atoms in total. The van der Waals surface area contributed by atoms with Crippen LogP contribution in [-0.2, 0) is 4.74 Å². The number of rotatable bonds is 7. The second-order valence-corrected chi connectivity index (χ2v) is 5.71. The molecule has 0 bridgehead atoms. The first-order chi connectivity index (χ1) is 12.4. The lowest BCUT2D eigenvalue weighted by Crippen LogP contribution is -2.15. The van der Waals surface area contributed by atoms with Gasteiger partial charge in [-0.15, -0.1) is 0 Å². The molecule has 0 saturated heterocycles. The molecule has 0 unspecified atom stereocenters. The van der Waals surface area contributed by atoms with Crippen molar-refractivity contribution in [2.24, 2.45) is 0 Å². The molecule has 2 rings (SSSR count). The zero-order chi connectivity index (χ0) is 19.3. The Labute approximate surface area is 152 Å². The molecule has 2 aromatic carbocycles. The van der Waals surface area contributed by atoms with Crippen LogP contribution < -0.4 is 14.2 Å². The van der Waals surface area contributed by atoms with E-state index in [0.29, 0.717) is 22.8 Å². The van der Waals surface area contributed by atoms with E-state index in [4.69, 9.17) is 18.9 Å². The summed E-state index contributed by atoms with van der Waals surface area (Å²) in [5.74, 6) is 0.117. The average Bonchev–Trinajstić information content (AvgIpc) is 2.66. The van der Waals surface area contributed by atoms with Gasteiger partial charge >= 0.3 is 5.97 Å². The van der Waals surface area contributed by atoms with Crippen LogP contribution in [0.5, 0.6) is 17.2 Å². The van der Waals surface area contributed by atoms with Crippen molar-refractivity contribution in [3.05, 3.63) is 52.6 Å². The molecule has 0 fully saturated rings. The summed E-state index contributed by atoms with van der Waals surface area (Å²) < 4.78 is 20.8. The second-order valence-electron chi connectivity index (χ2n) is 5.71. The van der Waals surface area contributed by atoms with Crippen LogP contribution in [0.4, 0.5) is 0 Å². The maximum Gasteiger partial charge on any atom is 0.338 e. The molecule has 26 heavy (non-hydrogen) atoms. The minimum atomic E-state index is -0.651. The highest BCUT2D eigenvalue weighted by Gasteiger charge is 2.19. The number of carbonyl (C=O) groups is 2. The van der Waals surface area contributed by atoms with E-state index in [1.54, 1.807) is 12.1 Å². The maximum absolute atomic E-state index is 12.3. The van der Waals surface area contributed by atoms with Gasteiger partial charge in [0.25, 0.3) is 0 Å². The number of Topliss-reactive ketones (excluding diaryl/α,β-unsaturated/α-hetero) is 1. The number of ether oxygens (including phenoxy) is 4. The predicted molar refractivity (Wildman–Crippen MR) is 96.6 cm³/mol. The Bertz CT molecular complexity index is 800. The summed E-state index contributed by atoms with van der Waals surface area (Å²) >= 11 is 0. The van der Waals surface area contributed by atoms with Gasteiger partial charge in [0.1, 0.15) is 0 Å². The molecule has 0 atom stereocenters. The molecular formula is C20H22O6. The van der Waals surface area contributed by atoms with Crippen LogP contribution >= 0.6 is 0 Å². The number of methoxy groups -OCH3 is 3. The quantitative estimate of drug-likeness (QED) is 0.558. The Morgan fingerprint density at radius 3 is 1.92 bits per heavy atom. The van der Waals surface area contributed by atoms with Gasteiger partial charge in [-0.1, -0.05) is 12.1 Å². The molecule has 0 saturated carbocycles. The summed E-state index contributed by atoms with van der Waals surface area (Å²) in [6.07, 6.45) is 0. The molecule has 138 valence electrons. The van der Waals surface area contributed by atoms with Crippen LogP contribution in [0, 0.1) is 13.8 Å². The monoisotopic (exact) mass is 358 g/mol. The van der Waals surface area contributed by atoms with E-state index < -0.39 is 5.97 Å². The van der Waals surface area contributed by atoms with Crippen LogP contribution in [0.1, 0.15) is 31.8 Å². The van der Waals surface area contributed by atoms with Gasteiger partial charge in [-0.2, -0.15) is 0 Å². The lowest BCUT2D eigenvalue weighted by molar-refractivity contribution is 0.0474. The first-order valence-electron chi connectivity index (χ1n) is 7.98. The van der Waals surface area contributed by atoms with Crippen molar-refractivity contribution in [2.75, 3.05) is 27.9 Å². The number of benzene rings is 2. The first-order valence-corrected chi connectivity index (χ1v) is 7.98. The fourth-order valence-corrected chi connectivity index (χ4v) is 2.41. The van der Waals surface area contributed by atoms with E-state index in [2.05, 4.69) is 0 Å². The maximum atomic E-state index is 12.3. The summed E-state index contributed by atoms with van der Waals surface area (Å²) in [5.41, 5.74) is 2.81. The van der Waals surface area contributed by atoms with Crippen molar-refractivity contribution in [3.63, 3.8) is 0 Å². The van der Waals surface area contributed by atoms with E-state index in [-0.39, 0.29) is 18.0 Å². The van der Waals surface area contributed by atoms with Crippen molar-refractivity contribution in [3.8, 4) is 17.2 Å². The SMILES string of the molecule is COc1cc(C(=O)OCC(=O)c2ccc(C)c(C)c2)cc(OC)c1OC. The number of hydrogen-bond acceptors (Lipinski definition) is 6. The van der Waals surface area contributed by atoms with Gasteiger partial charge in [-0.25, -0.2) is 4.79 Å². The van der Waals surface area contributed by atoms with Crippen molar-refractivity contribution < 1.29 is 28.5 Å². The van der Waals surface area contributed by atoms with Gasteiger partial charge < -0.3 is 18.9 Å². The number of hydrogen-bond donors (Lipinski definition) is 0. The third kappa shape index (κ3) is 4.14. The second kappa shape index (κ2) is 8.38. The van der Waals surface area contributed by atoms with E-state index in [9.17, 15) is 9.59 Å². The number of carbonyl (C=O) groups excluding carboxylic acids is 2. The number of ketones is 1. The molecule has 0 radical (unpaired) electrons. The van der Waals surface area contributed by atoms with Gasteiger partial charge in [0.05, 0.1) is 26.9 Å². The normalized spacial score (nSPS) is 10.2. The summed E-state index contributed by atoms with van der Waals surface area (Å²) in [4.78, 5) is 24.6. The standard InChI is InChI=1S/C20H22O6/c1-12-6-7-14(8-13(12)2)16(21)11-26-20(22)15-9-17(23-3)19(25-5)18(10-15)24-4/h6-10H,11H2,1-5H3. The minimum absolute atomic E-state index is 0.201. The Morgan fingerprint density at radius 2 is 1.42 bits per heavy atom. The highest BCUT2D eigenvalue weighted by atomic mass is 16.5. The first kappa shape index (κ1) is 19.3. The Kier molecular flexibility index (Phi) is 6.22. The van der Waals surface area contributed by atoms with Crippen molar-refractivity contribution in [2.45, 2.75) is 13.8 Å². The van der Waals surface area contributed by atoms with Gasteiger partial charge in [-0.05, 0) is 43.2 Å². The summed E-state index contributed by atoms with van der Waals surface area (Å²) in [6, 6.07) is 8.32. The molecule has 0 amide bonds. The Morgan fingerprint density at radius 1 is 0.808 bits per heavy atom. The highest BCUT2D eigenvalue weighted by molar-refractivity contribution is 5.99. The molecule has 0 aliphatic rings. The topological polar surface area (TPSA) is 71.1 Å². The number of esters is 1. The lowest BCUT2D eigenvalue weighted by atomic mass is 10.0. The van der Waals surface area contributed by atoms with Crippen molar-refractivity contribution in [1.29, 1.82) is 0 Å². The molecule has 2 aromatic rings. The molecule has 0 heterocycles. The van der Waals surface area contributed by atoms with Crippen LogP contribution in [0.25, 0.3) is 0 Å². The van der Waals surface area contributed by atoms with Crippen molar-refractivity contribution >= 4 is 11.8 Å². The van der Waals surface area contributed by atoms with Gasteiger partial charge in [0.15, 0.2) is 23.9 Å². The van der Waals surface area contributed by atoms with Crippen LogP contribution in [-0.4, -0.2) is 39.7 Å². The van der Waals surface area contributed by atoms with E-state index in [1.807, 2.05) is 19.9 Å². The lowest BCUT2D eigenvalue weighted by Gasteiger charge is -2.13. The molecule has 6 heteroatoms. The predicted octanol–water partition coefficient (Wildman–Crippen LogP) is 3.37. The zero-order valence-corrected chi connectivity index (χ0v) is 15.5. The largest absolute Gasteiger partial charge is 0.493 e. The average molecular weight is 358 g/mol. The van der Waals surface area contributed by atoms with E-state index >= 15 is 0 Å². The molecule has 0 N–H and O–H groups in total. The molecule has 0 aliphatic heterocycles. The summed E-state index contributed by atoms with van der Waals surface area (Å²) in [6.45, 7) is 3.54. The highest BCUT2D eigenvalue weighted by Crippen LogP contribution is 2.38. The van der Waals surface area contributed by atoms with Gasteiger partial charge in [0, 0.05) is 5.56 Å². The number of aryl methyl sites for hydroxylation is 2. The fraction of sp³-hybridized carbons (Fsp3) is 0.300. The smallest absolute Gasteiger partial charge is 0.338 e. The summed E-state index contributed by atoms with van der Waals surface area (Å²) in [7, 11) is 4.38. The summed E-state index contributed by atoms with van der Waals surface area (Å²) in [5, 5.41) is 0.